The van der Waals surface area contributed by atoms with E-state index in [4.69, 9.17) is 0 Å². The molecule has 0 fully saturated rings. The summed E-state index contributed by atoms with van der Waals surface area (Å²) in [5.41, 5.74) is 4.15. The van der Waals surface area contributed by atoms with Crippen molar-refractivity contribution in [3.05, 3.63) is 16.6 Å². The highest BCUT2D eigenvalue weighted by atomic mass is 32.1. The molecule has 20 heavy (non-hydrogen) atoms. The fourth-order valence-electron chi connectivity index (χ4n) is 2.64. The van der Waals surface area contributed by atoms with Crippen molar-refractivity contribution in [1.82, 2.24) is 4.98 Å². The van der Waals surface area contributed by atoms with Crippen LogP contribution in [0, 0.1) is 5.51 Å². The van der Waals surface area contributed by atoms with Crippen molar-refractivity contribution in [2.45, 2.75) is 96.8 Å². The van der Waals surface area contributed by atoms with Crippen molar-refractivity contribution >= 4 is 11.3 Å². The largest absolute Gasteiger partial charge is 0.239 e. The first-order valence-corrected chi connectivity index (χ1v) is 9.62. The standard InChI is InChI=1S/C18H32NS/c1-2-3-4-5-6-7-8-9-10-11-12-13-14-15-18-16-20-17-19-18/h16H,2-15H2,1H3. The Balaban J connectivity index is 1.70. The van der Waals surface area contributed by atoms with Crippen molar-refractivity contribution in [1.29, 1.82) is 0 Å². The molecular weight excluding hydrogens is 262 g/mol. The van der Waals surface area contributed by atoms with E-state index in [-0.39, 0.29) is 0 Å². The molecule has 0 aliphatic carbocycles. The maximum atomic E-state index is 4.20. The molecule has 0 bridgehead atoms. The van der Waals surface area contributed by atoms with Crippen LogP contribution in [0.2, 0.25) is 0 Å². The summed E-state index contributed by atoms with van der Waals surface area (Å²) in [7, 11) is 0. The van der Waals surface area contributed by atoms with Gasteiger partial charge in [-0.2, -0.15) is 0 Å². The van der Waals surface area contributed by atoms with Crippen LogP contribution in [0.25, 0.3) is 0 Å². The number of aromatic nitrogens is 1. The van der Waals surface area contributed by atoms with Crippen LogP contribution in [-0.4, -0.2) is 4.98 Å². The summed E-state index contributed by atoms with van der Waals surface area (Å²) in [6.45, 7) is 2.29. The van der Waals surface area contributed by atoms with Crippen LogP contribution in [0.15, 0.2) is 5.38 Å². The fourth-order valence-corrected chi connectivity index (χ4v) is 3.17. The average molecular weight is 295 g/mol. The van der Waals surface area contributed by atoms with Gasteiger partial charge in [-0.25, -0.2) is 4.98 Å². The Morgan fingerprint density at radius 2 is 1.30 bits per heavy atom. The summed E-state index contributed by atoms with van der Waals surface area (Å²) in [5.74, 6) is 0. The first kappa shape index (κ1) is 17.7. The minimum absolute atomic E-state index is 1.15. The van der Waals surface area contributed by atoms with Gasteiger partial charge in [0.05, 0.1) is 5.69 Å². The molecule has 0 aliphatic heterocycles. The zero-order valence-electron chi connectivity index (χ0n) is 13.3. The van der Waals surface area contributed by atoms with Gasteiger partial charge in [0.1, 0.15) is 0 Å². The molecule has 1 heterocycles. The van der Waals surface area contributed by atoms with Gasteiger partial charge >= 0.3 is 0 Å². The monoisotopic (exact) mass is 294 g/mol. The van der Waals surface area contributed by atoms with Gasteiger partial charge in [-0.15, -0.1) is 11.3 Å². The summed E-state index contributed by atoms with van der Waals surface area (Å²) in [4.78, 5) is 4.20. The quantitative estimate of drug-likeness (QED) is 0.353. The summed E-state index contributed by atoms with van der Waals surface area (Å²) >= 11 is 1.59. The Labute approximate surface area is 130 Å². The third-order valence-electron chi connectivity index (χ3n) is 3.97. The van der Waals surface area contributed by atoms with Gasteiger partial charge in [0.2, 0.25) is 0 Å². The predicted octanol–water partition coefficient (Wildman–Crippen LogP) is 6.58. The lowest BCUT2D eigenvalue weighted by Gasteiger charge is -2.02. The molecule has 0 aliphatic rings. The Kier molecular flexibility index (Phi) is 12.0. The number of hydrogen-bond acceptors (Lipinski definition) is 2. The third-order valence-corrected chi connectivity index (χ3v) is 4.56. The zero-order valence-corrected chi connectivity index (χ0v) is 14.1. The highest BCUT2D eigenvalue weighted by Crippen LogP contribution is 2.13. The molecule has 2 heteroatoms. The second kappa shape index (κ2) is 13.6. The lowest BCUT2D eigenvalue weighted by molar-refractivity contribution is 0.539. The highest BCUT2D eigenvalue weighted by Gasteiger charge is 1.96. The van der Waals surface area contributed by atoms with Crippen LogP contribution in [0.5, 0.6) is 0 Å². The number of unbranched alkanes of at least 4 members (excludes halogenated alkanes) is 12. The van der Waals surface area contributed by atoms with Gasteiger partial charge in [0.25, 0.3) is 0 Å². The lowest BCUT2D eigenvalue weighted by Crippen LogP contribution is -1.86. The van der Waals surface area contributed by atoms with E-state index in [1.165, 1.54) is 89.2 Å². The molecule has 0 aromatic carbocycles. The molecular formula is C18H32NS. The van der Waals surface area contributed by atoms with Gasteiger partial charge in [0.15, 0.2) is 5.51 Å². The first-order valence-electron chi connectivity index (χ1n) is 8.74. The number of nitrogens with zero attached hydrogens (tertiary/aromatic N) is 1. The molecule has 0 amide bonds. The smallest absolute Gasteiger partial charge is 0.152 e. The molecule has 0 atom stereocenters. The van der Waals surface area contributed by atoms with Crippen molar-refractivity contribution < 1.29 is 0 Å². The number of thiazole rings is 1. The Morgan fingerprint density at radius 1 is 0.800 bits per heavy atom. The van der Waals surface area contributed by atoms with Crippen LogP contribution in [0.4, 0.5) is 0 Å². The number of rotatable bonds is 14. The number of aryl methyl sites for hydroxylation is 1. The molecule has 1 nitrogen and oxygen atoms in total. The van der Waals surface area contributed by atoms with Crippen LogP contribution >= 0.6 is 11.3 Å². The second-order valence-electron chi connectivity index (χ2n) is 5.92. The normalized spacial score (nSPS) is 11.1. The van der Waals surface area contributed by atoms with Gasteiger partial charge in [-0.3, -0.25) is 0 Å². The molecule has 1 aromatic rings. The van der Waals surface area contributed by atoms with Crippen LogP contribution < -0.4 is 0 Å². The van der Waals surface area contributed by atoms with E-state index in [2.05, 4.69) is 22.8 Å². The molecule has 1 radical (unpaired) electrons. The van der Waals surface area contributed by atoms with E-state index in [0.29, 0.717) is 0 Å². The van der Waals surface area contributed by atoms with E-state index in [9.17, 15) is 0 Å². The van der Waals surface area contributed by atoms with E-state index in [0.717, 1.165) is 6.42 Å². The minimum atomic E-state index is 1.15. The van der Waals surface area contributed by atoms with E-state index < -0.39 is 0 Å². The maximum Gasteiger partial charge on any atom is 0.152 e. The topological polar surface area (TPSA) is 12.9 Å². The van der Waals surface area contributed by atoms with Gasteiger partial charge in [-0.05, 0) is 12.8 Å². The molecule has 0 spiro atoms. The van der Waals surface area contributed by atoms with Crippen LogP contribution in [0.3, 0.4) is 0 Å². The summed E-state index contributed by atoms with van der Waals surface area (Å²) < 4.78 is 0. The van der Waals surface area contributed by atoms with E-state index >= 15 is 0 Å². The lowest BCUT2D eigenvalue weighted by atomic mass is 10.0. The average Bonchev–Trinajstić information content (AvgIpc) is 2.97. The van der Waals surface area contributed by atoms with Gasteiger partial charge in [0, 0.05) is 5.38 Å². The summed E-state index contributed by atoms with van der Waals surface area (Å²) in [6.07, 6.45) is 19.6. The Bertz CT molecular complexity index is 282. The molecule has 0 unspecified atom stereocenters. The predicted molar refractivity (Wildman–Crippen MR) is 90.3 cm³/mol. The molecule has 0 saturated carbocycles. The third kappa shape index (κ3) is 10.4. The van der Waals surface area contributed by atoms with Crippen molar-refractivity contribution in [2.75, 3.05) is 0 Å². The van der Waals surface area contributed by atoms with E-state index in [1.54, 1.807) is 11.3 Å². The van der Waals surface area contributed by atoms with Gasteiger partial charge in [-0.1, -0.05) is 84.0 Å². The Morgan fingerprint density at radius 3 is 1.75 bits per heavy atom. The van der Waals surface area contributed by atoms with Crippen LogP contribution in [-0.2, 0) is 6.42 Å². The molecule has 1 aromatic heterocycles. The second-order valence-corrected chi connectivity index (χ2v) is 6.58. The number of hydrogen-bond donors (Lipinski definition) is 0. The molecule has 0 saturated heterocycles. The maximum absolute atomic E-state index is 4.20. The van der Waals surface area contributed by atoms with Crippen LogP contribution in [0.1, 0.15) is 96.1 Å². The zero-order chi connectivity index (χ0) is 14.3. The molecule has 0 N–H and O–H groups in total. The van der Waals surface area contributed by atoms with Crippen molar-refractivity contribution in [2.24, 2.45) is 0 Å². The first-order chi connectivity index (χ1) is 9.93. The highest BCUT2D eigenvalue weighted by molar-refractivity contribution is 7.07. The summed E-state index contributed by atoms with van der Waals surface area (Å²) in [6, 6.07) is 0. The summed E-state index contributed by atoms with van der Waals surface area (Å²) in [5, 5.41) is 2.13. The Hall–Kier alpha value is -0.370. The molecule has 115 valence electrons. The minimum Gasteiger partial charge on any atom is -0.239 e. The van der Waals surface area contributed by atoms with Crippen molar-refractivity contribution in [3.63, 3.8) is 0 Å². The van der Waals surface area contributed by atoms with Crippen molar-refractivity contribution in [3.8, 4) is 0 Å². The van der Waals surface area contributed by atoms with Gasteiger partial charge < -0.3 is 0 Å². The molecule has 1 rings (SSSR count). The SMILES string of the molecule is CCCCCCCCCCCCCCCc1cs[c]n1. The fraction of sp³-hybridized carbons (Fsp3) is 0.833. The van der Waals surface area contributed by atoms with E-state index in [1.807, 2.05) is 0 Å².